The lowest BCUT2D eigenvalue weighted by molar-refractivity contribution is -0.681. The number of aromatic nitrogens is 2. The average molecular weight is 174 g/mol. The lowest BCUT2D eigenvalue weighted by atomic mass is 10.2. The Kier molecular flexibility index (Phi) is 1.77. The molecule has 0 saturated heterocycles. The Balaban J connectivity index is 2.53. The number of aryl methyl sites for hydroxylation is 1. The zero-order valence-corrected chi connectivity index (χ0v) is 7.34. The summed E-state index contributed by atoms with van der Waals surface area (Å²) in [7, 11) is 1.72. The summed E-state index contributed by atoms with van der Waals surface area (Å²) in [5, 5.41) is 11.4. The first-order valence-electron chi connectivity index (χ1n) is 4.09. The van der Waals surface area contributed by atoms with Gasteiger partial charge < -0.3 is 5.21 Å². The van der Waals surface area contributed by atoms with Gasteiger partial charge in [0.05, 0.1) is 13.2 Å². The molecule has 0 bridgehead atoms. The quantitative estimate of drug-likeness (QED) is 0.474. The van der Waals surface area contributed by atoms with Crippen molar-refractivity contribution in [1.82, 2.24) is 4.68 Å². The highest BCUT2D eigenvalue weighted by molar-refractivity contribution is 5.55. The molecule has 0 fully saturated rings. The molecular formula is C10H10N2O. The van der Waals surface area contributed by atoms with Crippen molar-refractivity contribution in [3.8, 4) is 11.3 Å². The molecule has 3 nitrogen and oxygen atoms in total. The first-order valence-corrected chi connectivity index (χ1v) is 4.09. The summed E-state index contributed by atoms with van der Waals surface area (Å²) in [5.74, 6) is 0. The van der Waals surface area contributed by atoms with Crippen molar-refractivity contribution in [3.05, 3.63) is 47.8 Å². The van der Waals surface area contributed by atoms with Gasteiger partial charge in [0, 0.05) is 11.6 Å². The smallest absolute Gasteiger partial charge is 0.251 e. The van der Waals surface area contributed by atoms with E-state index in [1.165, 1.54) is 4.68 Å². The lowest BCUT2D eigenvalue weighted by Gasteiger charge is -1.99. The fraction of sp³-hybridized carbons (Fsp3) is 0.100. The van der Waals surface area contributed by atoms with Crippen LogP contribution in [0.4, 0.5) is 0 Å². The third kappa shape index (κ3) is 1.28. The van der Waals surface area contributed by atoms with Crippen molar-refractivity contribution in [2.24, 2.45) is 7.05 Å². The van der Waals surface area contributed by atoms with Crippen molar-refractivity contribution >= 4 is 0 Å². The third-order valence-corrected chi connectivity index (χ3v) is 2.01. The Morgan fingerprint density at radius 1 is 1.15 bits per heavy atom. The second-order valence-corrected chi connectivity index (χ2v) is 2.91. The molecule has 0 atom stereocenters. The first kappa shape index (κ1) is 7.86. The van der Waals surface area contributed by atoms with Crippen LogP contribution < -0.4 is 4.85 Å². The zero-order chi connectivity index (χ0) is 9.26. The van der Waals surface area contributed by atoms with Gasteiger partial charge in [-0.15, -0.1) is 0 Å². The molecule has 0 aliphatic rings. The zero-order valence-electron chi connectivity index (χ0n) is 7.34. The van der Waals surface area contributed by atoms with Gasteiger partial charge in [-0.2, -0.15) is 4.68 Å². The Labute approximate surface area is 76.4 Å². The van der Waals surface area contributed by atoms with Crippen LogP contribution in [0, 0.1) is 5.21 Å². The molecule has 0 N–H and O–H groups in total. The second-order valence-electron chi connectivity index (χ2n) is 2.91. The highest BCUT2D eigenvalue weighted by Crippen LogP contribution is 2.13. The van der Waals surface area contributed by atoms with Gasteiger partial charge in [-0.1, -0.05) is 23.0 Å². The summed E-state index contributed by atoms with van der Waals surface area (Å²) < 4.78 is 1.50. The summed E-state index contributed by atoms with van der Waals surface area (Å²) >= 11 is 0. The molecule has 0 aliphatic heterocycles. The maximum absolute atomic E-state index is 11.4. The number of benzene rings is 1. The van der Waals surface area contributed by atoms with Crippen molar-refractivity contribution in [2.45, 2.75) is 0 Å². The minimum Gasteiger partial charge on any atom is -0.595 e. The average Bonchev–Trinajstić information content (AvgIpc) is 2.49. The van der Waals surface area contributed by atoms with E-state index >= 15 is 0 Å². The maximum atomic E-state index is 11.4. The number of nitrogens with zero attached hydrogens (tertiary/aromatic N) is 2. The van der Waals surface area contributed by atoms with Crippen LogP contribution in [-0.2, 0) is 7.05 Å². The van der Waals surface area contributed by atoms with E-state index in [1.54, 1.807) is 13.2 Å². The van der Waals surface area contributed by atoms with Gasteiger partial charge in [0.2, 0.25) is 0 Å². The number of hydrogen-bond acceptors (Lipinski definition) is 1. The van der Waals surface area contributed by atoms with E-state index in [0.717, 1.165) is 10.4 Å². The van der Waals surface area contributed by atoms with E-state index in [9.17, 15) is 5.21 Å². The molecule has 2 aromatic rings. The van der Waals surface area contributed by atoms with Crippen LogP contribution in [0.1, 0.15) is 0 Å². The molecule has 0 unspecified atom stereocenters. The molecule has 13 heavy (non-hydrogen) atoms. The topological polar surface area (TPSA) is 31.9 Å². The minimum atomic E-state index is 0.683. The molecule has 1 heterocycles. The van der Waals surface area contributed by atoms with Gasteiger partial charge in [-0.25, -0.2) is 0 Å². The second kappa shape index (κ2) is 2.94. The molecule has 0 amide bonds. The standard InChI is InChI=1S/C10H10N2O/c1-11-8-7-10(12(11)13)9-5-3-2-4-6-9/h2-8H,1H3. The molecule has 1 aromatic heterocycles. The van der Waals surface area contributed by atoms with E-state index in [-0.39, 0.29) is 0 Å². The molecular weight excluding hydrogens is 164 g/mol. The van der Waals surface area contributed by atoms with Gasteiger partial charge in [0.25, 0.3) is 5.69 Å². The van der Waals surface area contributed by atoms with Crippen molar-refractivity contribution in [1.29, 1.82) is 0 Å². The van der Waals surface area contributed by atoms with E-state index in [1.807, 2.05) is 36.4 Å². The summed E-state index contributed by atoms with van der Waals surface area (Å²) in [5.41, 5.74) is 1.63. The van der Waals surface area contributed by atoms with Gasteiger partial charge in [-0.3, -0.25) is 0 Å². The van der Waals surface area contributed by atoms with E-state index in [4.69, 9.17) is 0 Å². The monoisotopic (exact) mass is 174 g/mol. The maximum Gasteiger partial charge on any atom is 0.251 e. The SMILES string of the molecule is Cn1ccc(-c2ccccc2)[n+]1[O-]. The Hall–Kier alpha value is -1.77. The number of rotatable bonds is 1. The highest BCUT2D eigenvalue weighted by atomic mass is 16.5. The van der Waals surface area contributed by atoms with Crippen LogP contribution in [-0.4, -0.2) is 4.68 Å². The molecule has 0 radical (unpaired) electrons. The van der Waals surface area contributed by atoms with Crippen LogP contribution in [0.2, 0.25) is 0 Å². The van der Waals surface area contributed by atoms with E-state index < -0.39 is 0 Å². The van der Waals surface area contributed by atoms with E-state index in [0.29, 0.717) is 5.69 Å². The Morgan fingerprint density at radius 3 is 2.38 bits per heavy atom. The fourth-order valence-corrected chi connectivity index (χ4v) is 1.29. The van der Waals surface area contributed by atoms with Crippen molar-refractivity contribution < 1.29 is 4.85 Å². The Morgan fingerprint density at radius 2 is 1.85 bits per heavy atom. The summed E-state index contributed by atoms with van der Waals surface area (Å²) in [4.78, 5) is 0.870. The predicted molar refractivity (Wildman–Crippen MR) is 49.8 cm³/mol. The third-order valence-electron chi connectivity index (χ3n) is 2.01. The lowest BCUT2D eigenvalue weighted by Crippen LogP contribution is -2.36. The van der Waals surface area contributed by atoms with Gasteiger partial charge >= 0.3 is 0 Å². The van der Waals surface area contributed by atoms with Crippen LogP contribution >= 0.6 is 0 Å². The summed E-state index contributed by atoms with van der Waals surface area (Å²) in [6, 6.07) is 11.4. The van der Waals surface area contributed by atoms with Gasteiger partial charge in [-0.05, 0) is 12.1 Å². The first-order chi connectivity index (χ1) is 6.29. The van der Waals surface area contributed by atoms with Crippen LogP contribution in [0.3, 0.4) is 0 Å². The predicted octanol–water partition coefficient (Wildman–Crippen LogP) is 1.33. The molecule has 1 aromatic carbocycles. The number of hydrogen-bond donors (Lipinski definition) is 0. The van der Waals surface area contributed by atoms with Crippen LogP contribution in [0.5, 0.6) is 0 Å². The van der Waals surface area contributed by atoms with E-state index in [2.05, 4.69) is 0 Å². The molecule has 0 saturated carbocycles. The summed E-state index contributed by atoms with van der Waals surface area (Å²) in [6.07, 6.45) is 1.75. The highest BCUT2D eigenvalue weighted by Gasteiger charge is 2.10. The Bertz CT molecular complexity index is 406. The molecule has 2 rings (SSSR count). The van der Waals surface area contributed by atoms with Crippen molar-refractivity contribution in [2.75, 3.05) is 0 Å². The normalized spacial score (nSPS) is 10.2. The van der Waals surface area contributed by atoms with Crippen molar-refractivity contribution in [3.63, 3.8) is 0 Å². The molecule has 66 valence electrons. The largest absolute Gasteiger partial charge is 0.595 e. The van der Waals surface area contributed by atoms with Gasteiger partial charge in [0.1, 0.15) is 0 Å². The summed E-state index contributed by atoms with van der Waals surface area (Å²) in [6.45, 7) is 0. The minimum absolute atomic E-state index is 0.683. The van der Waals surface area contributed by atoms with Crippen LogP contribution in [0.25, 0.3) is 11.3 Å². The van der Waals surface area contributed by atoms with Gasteiger partial charge in [0.15, 0.2) is 0 Å². The fourth-order valence-electron chi connectivity index (χ4n) is 1.29. The van der Waals surface area contributed by atoms with Crippen LogP contribution in [0.15, 0.2) is 42.6 Å². The molecule has 0 aliphatic carbocycles. The molecule has 0 spiro atoms. The molecule has 3 heteroatoms.